The van der Waals surface area contributed by atoms with Crippen LogP contribution in [0.3, 0.4) is 0 Å². The van der Waals surface area contributed by atoms with Gasteiger partial charge in [0.2, 0.25) is 11.8 Å². The molecule has 30 heavy (non-hydrogen) atoms. The van der Waals surface area contributed by atoms with Gasteiger partial charge in [0.05, 0.1) is 28.6 Å². The summed E-state index contributed by atoms with van der Waals surface area (Å²) in [5.41, 5.74) is 3.54. The molecular weight excluding hydrogens is 408 g/mol. The first-order valence-corrected chi connectivity index (χ1v) is 11.7. The number of amides is 2. The van der Waals surface area contributed by atoms with E-state index in [0.717, 1.165) is 16.8 Å². The number of nitrogens with one attached hydrogen (secondary N) is 3. The number of anilines is 2. The number of nitrogens with zero attached hydrogens (tertiary/aromatic N) is 1. The number of rotatable bonds is 5. The Morgan fingerprint density at radius 2 is 2.03 bits per heavy atom. The number of hydrogen-bond acceptors (Lipinski definition) is 7. The van der Waals surface area contributed by atoms with E-state index in [-0.39, 0.29) is 29.4 Å². The molecule has 4 rings (SSSR count). The summed E-state index contributed by atoms with van der Waals surface area (Å²) in [5.74, 6) is 0.422. The van der Waals surface area contributed by atoms with Crippen molar-refractivity contribution in [2.45, 2.75) is 45.2 Å². The smallest absolute Gasteiger partial charge is 0.247 e. The molecule has 1 aromatic carbocycles. The Bertz CT molecular complexity index is 1090. The Kier molecular flexibility index (Phi) is 5.27. The Morgan fingerprint density at radius 1 is 1.23 bits per heavy atom. The number of aryl methyl sites for hydroxylation is 2. The summed E-state index contributed by atoms with van der Waals surface area (Å²) in [6, 6.07) is 4.70. The molecule has 0 saturated carbocycles. The molecule has 3 N–H and O–H groups in total. The molecule has 160 valence electrons. The minimum absolute atomic E-state index is 0.0602. The molecule has 0 radical (unpaired) electrons. The van der Waals surface area contributed by atoms with E-state index in [2.05, 4.69) is 21.1 Å². The zero-order valence-electron chi connectivity index (χ0n) is 16.8. The molecule has 1 unspecified atom stereocenters. The highest BCUT2D eigenvalue weighted by Gasteiger charge is 2.30. The van der Waals surface area contributed by atoms with E-state index in [9.17, 15) is 18.0 Å². The fraction of sp³-hybridized carbons (Fsp3) is 0.450. The highest BCUT2D eigenvalue weighted by Crippen LogP contribution is 2.34. The van der Waals surface area contributed by atoms with Crippen LogP contribution in [0, 0.1) is 13.8 Å². The van der Waals surface area contributed by atoms with Gasteiger partial charge in [0.15, 0.2) is 9.84 Å². The molecule has 10 heteroatoms. The fourth-order valence-corrected chi connectivity index (χ4v) is 5.66. The Morgan fingerprint density at radius 3 is 2.63 bits per heavy atom. The van der Waals surface area contributed by atoms with E-state index < -0.39 is 15.9 Å². The zero-order valence-corrected chi connectivity index (χ0v) is 17.6. The van der Waals surface area contributed by atoms with Crippen molar-refractivity contribution in [3.8, 4) is 11.1 Å². The number of hydrogen-bond donors (Lipinski definition) is 3. The second kappa shape index (κ2) is 7.75. The molecule has 9 nitrogen and oxygen atoms in total. The third kappa shape index (κ3) is 4.18. The molecule has 2 aliphatic rings. The van der Waals surface area contributed by atoms with Crippen molar-refractivity contribution < 1.29 is 22.5 Å². The van der Waals surface area contributed by atoms with Crippen molar-refractivity contribution >= 4 is 33.0 Å². The van der Waals surface area contributed by atoms with E-state index in [0.29, 0.717) is 36.4 Å². The third-order valence-corrected chi connectivity index (χ3v) is 7.27. The van der Waals surface area contributed by atoms with Gasteiger partial charge in [-0.25, -0.2) is 8.42 Å². The minimum atomic E-state index is -3.04. The van der Waals surface area contributed by atoms with Gasteiger partial charge in [0, 0.05) is 18.0 Å². The summed E-state index contributed by atoms with van der Waals surface area (Å²) in [4.78, 5) is 24.2. The van der Waals surface area contributed by atoms with Crippen LogP contribution in [0.25, 0.3) is 11.1 Å². The maximum absolute atomic E-state index is 12.7. The second-order valence-electron chi connectivity index (χ2n) is 7.85. The van der Waals surface area contributed by atoms with Crippen molar-refractivity contribution in [1.82, 2.24) is 10.5 Å². The first-order valence-electron chi connectivity index (χ1n) is 9.86. The highest BCUT2D eigenvalue weighted by molar-refractivity contribution is 7.91. The first-order chi connectivity index (χ1) is 14.2. The first kappa shape index (κ1) is 20.4. The molecule has 3 heterocycles. The average Bonchev–Trinajstić information content (AvgIpc) is 3.36. The summed E-state index contributed by atoms with van der Waals surface area (Å²) in [7, 11) is -3.04. The van der Waals surface area contributed by atoms with Crippen LogP contribution in [-0.4, -0.2) is 49.0 Å². The molecule has 0 spiro atoms. The number of sulfone groups is 1. The molecule has 0 bridgehead atoms. The fourth-order valence-electron chi connectivity index (χ4n) is 3.98. The second-order valence-corrected chi connectivity index (χ2v) is 10.1. The Hall–Kier alpha value is -2.88. The lowest BCUT2D eigenvalue weighted by Crippen LogP contribution is -2.37. The largest absolute Gasteiger partial charge is 0.380 e. The average molecular weight is 433 g/mol. The zero-order chi connectivity index (χ0) is 21.5. The van der Waals surface area contributed by atoms with Crippen LogP contribution in [0.5, 0.6) is 0 Å². The van der Waals surface area contributed by atoms with E-state index in [1.54, 1.807) is 0 Å². The van der Waals surface area contributed by atoms with E-state index in [1.807, 2.05) is 32.0 Å². The maximum atomic E-state index is 12.7. The molecule has 2 saturated heterocycles. The van der Waals surface area contributed by atoms with Gasteiger partial charge in [-0.3, -0.25) is 9.59 Å². The normalized spacial score (nSPS) is 22.7. The van der Waals surface area contributed by atoms with Gasteiger partial charge in [-0.2, -0.15) is 0 Å². The third-order valence-electron chi connectivity index (χ3n) is 5.50. The lowest BCUT2D eigenvalue weighted by atomic mass is 10.0. The van der Waals surface area contributed by atoms with Gasteiger partial charge in [-0.05, 0) is 44.4 Å². The van der Waals surface area contributed by atoms with E-state index in [1.165, 1.54) is 0 Å². The van der Waals surface area contributed by atoms with E-state index >= 15 is 0 Å². The van der Waals surface area contributed by atoms with Crippen molar-refractivity contribution in [2.24, 2.45) is 0 Å². The van der Waals surface area contributed by atoms with Crippen molar-refractivity contribution in [3.05, 3.63) is 29.7 Å². The van der Waals surface area contributed by atoms with Crippen LogP contribution in [0.2, 0.25) is 0 Å². The maximum Gasteiger partial charge on any atom is 0.247 e. The van der Waals surface area contributed by atoms with Gasteiger partial charge in [0.1, 0.15) is 11.8 Å². The van der Waals surface area contributed by atoms with Crippen LogP contribution < -0.4 is 16.0 Å². The Labute approximate surface area is 174 Å². The van der Waals surface area contributed by atoms with Crippen LogP contribution in [-0.2, 0) is 19.4 Å². The molecule has 2 aliphatic heterocycles. The summed E-state index contributed by atoms with van der Waals surface area (Å²) in [6.07, 6.45) is 1.28. The monoisotopic (exact) mass is 432 g/mol. The van der Waals surface area contributed by atoms with Crippen LogP contribution in [0.1, 0.15) is 30.7 Å². The number of benzene rings is 1. The van der Waals surface area contributed by atoms with Crippen LogP contribution >= 0.6 is 0 Å². The van der Waals surface area contributed by atoms with Crippen molar-refractivity contribution in [2.75, 3.05) is 22.1 Å². The SMILES string of the molecule is Cc1noc(C)c1-c1ccc(N[C@H]2CCS(=O)(=O)C2)c(NC(=O)C2CCC(=O)N2)c1. The predicted octanol–water partition coefficient (Wildman–Crippen LogP) is 1.77. The lowest BCUT2D eigenvalue weighted by Gasteiger charge is -2.19. The Balaban J connectivity index is 1.64. The molecule has 1 aromatic heterocycles. The summed E-state index contributed by atoms with van der Waals surface area (Å²) >= 11 is 0. The van der Waals surface area contributed by atoms with Gasteiger partial charge in [-0.15, -0.1) is 0 Å². The summed E-state index contributed by atoms with van der Waals surface area (Å²) < 4.78 is 28.9. The molecule has 2 fully saturated rings. The van der Waals surface area contributed by atoms with Crippen molar-refractivity contribution in [1.29, 1.82) is 0 Å². The van der Waals surface area contributed by atoms with Gasteiger partial charge < -0.3 is 20.5 Å². The minimum Gasteiger partial charge on any atom is -0.380 e. The highest BCUT2D eigenvalue weighted by atomic mass is 32.2. The van der Waals surface area contributed by atoms with Gasteiger partial charge in [0.25, 0.3) is 0 Å². The topological polar surface area (TPSA) is 130 Å². The quantitative estimate of drug-likeness (QED) is 0.656. The molecule has 2 amide bonds. The molecule has 2 aromatic rings. The van der Waals surface area contributed by atoms with Crippen LogP contribution in [0.4, 0.5) is 11.4 Å². The van der Waals surface area contributed by atoms with Gasteiger partial charge >= 0.3 is 0 Å². The molecule has 0 aliphatic carbocycles. The molecule has 2 atom stereocenters. The standard InChI is InChI=1S/C20H24N4O5S/c1-11-19(12(2)29-24-11)13-3-4-15(21-14-7-8-30(27,28)10-14)17(9-13)23-20(26)16-5-6-18(25)22-16/h3-4,9,14,16,21H,5-8,10H2,1-2H3,(H,22,25)(H,23,26)/t14-,16?/m0/s1. The summed E-state index contributed by atoms with van der Waals surface area (Å²) in [5, 5.41) is 12.8. The number of aromatic nitrogens is 1. The molecular formula is C20H24N4O5S. The lowest BCUT2D eigenvalue weighted by molar-refractivity contribution is -0.122. The number of carbonyl (C=O) groups excluding carboxylic acids is 2. The van der Waals surface area contributed by atoms with Crippen molar-refractivity contribution in [3.63, 3.8) is 0 Å². The van der Waals surface area contributed by atoms with Gasteiger partial charge in [-0.1, -0.05) is 11.2 Å². The van der Waals surface area contributed by atoms with E-state index in [4.69, 9.17) is 4.52 Å². The predicted molar refractivity (Wildman–Crippen MR) is 112 cm³/mol. The van der Waals surface area contributed by atoms with Crippen LogP contribution in [0.15, 0.2) is 22.7 Å². The number of carbonyl (C=O) groups is 2. The summed E-state index contributed by atoms with van der Waals surface area (Å²) in [6.45, 7) is 3.66.